The van der Waals surface area contributed by atoms with E-state index in [0.29, 0.717) is 25.0 Å². The van der Waals surface area contributed by atoms with E-state index in [2.05, 4.69) is 25.8 Å². The zero-order chi connectivity index (χ0) is 18.5. The minimum Gasteiger partial charge on any atom is -0.477 e. The quantitative estimate of drug-likeness (QED) is 0.650. The minimum atomic E-state index is -0.108. The highest BCUT2D eigenvalue weighted by molar-refractivity contribution is 5.20. The van der Waals surface area contributed by atoms with Crippen LogP contribution in [0.5, 0.6) is 11.8 Å². The number of nitrogens with zero attached hydrogens (tertiary/aromatic N) is 1. The number of rotatable bonds is 8. The Balaban J connectivity index is 1.68. The van der Waals surface area contributed by atoms with Gasteiger partial charge in [-0.15, -0.1) is 0 Å². The number of hydrogen-bond donors (Lipinski definition) is 0. The first-order chi connectivity index (χ1) is 11.6. The molecule has 1 aromatic heterocycles. The van der Waals surface area contributed by atoms with E-state index >= 15 is 0 Å². The molecular formula is C20H33NO4. The second-order valence-corrected chi connectivity index (χ2v) is 8.54. The second-order valence-electron chi connectivity index (χ2n) is 8.54. The molecule has 1 aromatic rings. The fraction of sp³-hybridized carbons (Fsp3) is 0.750. The molecule has 25 heavy (non-hydrogen) atoms. The molecule has 0 radical (unpaired) electrons. The smallest absolute Gasteiger partial charge is 0.216 e. The highest BCUT2D eigenvalue weighted by Gasteiger charge is 2.34. The van der Waals surface area contributed by atoms with Crippen molar-refractivity contribution in [1.82, 2.24) is 4.98 Å². The fourth-order valence-electron chi connectivity index (χ4n) is 2.54. The van der Waals surface area contributed by atoms with Crippen molar-refractivity contribution < 1.29 is 18.9 Å². The molecule has 142 valence electrons. The van der Waals surface area contributed by atoms with E-state index in [1.54, 1.807) is 0 Å². The van der Waals surface area contributed by atoms with Crippen molar-refractivity contribution in [3.05, 3.63) is 18.2 Å². The standard InChI is InChI=1S/C20H33NO4/c1-19(2,3)23-12-8-11-22-17-9-7-10-18(21-17)24-15-13-16(14-15)25-20(4,5)6/h7,9-10,15-16H,8,11-14H2,1-6H3. The Hall–Kier alpha value is -1.33. The zero-order valence-corrected chi connectivity index (χ0v) is 16.5. The van der Waals surface area contributed by atoms with Crippen molar-refractivity contribution in [3.8, 4) is 11.8 Å². The molecule has 1 saturated carbocycles. The minimum absolute atomic E-state index is 0.0989. The lowest BCUT2D eigenvalue weighted by molar-refractivity contribution is -0.127. The Morgan fingerprint density at radius 1 is 0.920 bits per heavy atom. The van der Waals surface area contributed by atoms with Crippen LogP contribution in [-0.2, 0) is 9.47 Å². The van der Waals surface area contributed by atoms with Gasteiger partial charge in [0, 0.05) is 31.4 Å². The lowest BCUT2D eigenvalue weighted by Crippen LogP contribution is -2.43. The van der Waals surface area contributed by atoms with Gasteiger partial charge in [0.2, 0.25) is 11.8 Å². The number of ether oxygens (including phenoxy) is 4. The highest BCUT2D eigenvalue weighted by atomic mass is 16.5. The highest BCUT2D eigenvalue weighted by Crippen LogP contribution is 2.31. The lowest BCUT2D eigenvalue weighted by Gasteiger charge is -2.38. The Morgan fingerprint density at radius 3 is 2.24 bits per heavy atom. The first-order valence-corrected chi connectivity index (χ1v) is 9.19. The molecule has 0 unspecified atom stereocenters. The zero-order valence-electron chi connectivity index (χ0n) is 16.5. The van der Waals surface area contributed by atoms with Gasteiger partial charge < -0.3 is 18.9 Å². The summed E-state index contributed by atoms with van der Waals surface area (Å²) >= 11 is 0. The van der Waals surface area contributed by atoms with Gasteiger partial charge in [-0.1, -0.05) is 6.07 Å². The van der Waals surface area contributed by atoms with Crippen LogP contribution in [0.15, 0.2) is 18.2 Å². The lowest BCUT2D eigenvalue weighted by atomic mass is 9.91. The Labute approximate surface area is 152 Å². The summed E-state index contributed by atoms with van der Waals surface area (Å²) in [5.41, 5.74) is -0.207. The van der Waals surface area contributed by atoms with Crippen molar-refractivity contribution in [2.45, 2.75) is 84.2 Å². The van der Waals surface area contributed by atoms with Gasteiger partial charge >= 0.3 is 0 Å². The maximum Gasteiger partial charge on any atom is 0.216 e. The molecule has 0 aliphatic heterocycles. The maximum atomic E-state index is 5.93. The van der Waals surface area contributed by atoms with E-state index < -0.39 is 0 Å². The van der Waals surface area contributed by atoms with Crippen LogP contribution in [0.4, 0.5) is 0 Å². The third-order valence-corrected chi connectivity index (χ3v) is 3.63. The second kappa shape index (κ2) is 8.37. The summed E-state index contributed by atoms with van der Waals surface area (Å²) < 4.78 is 23.2. The monoisotopic (exact) mass is 351 g/mol. The van der Waals surface area contributed by atoms with Crippen LogP contribution in [-0.4, -0.2) is 41.6 Å². The molecule has 1 heterocycles. The predicted molar refractivity (Wildman–Crippen MR) is 98.3 cm³/mol. The van der Waals surface area contributed by atoms with E-state index in [1.165, 1.54) is 0 Å². The van der Waals surface area contributed by atoms with Crippen LogP contribution in [0.2, 0.25) is 0 Å². The number of aromatic nitrogens is 1. The average Bonchev–Trinajstić information content (AvgIpc) is 2.42. The summed E-state index contributed by atoms with van der Waals surface area (Å²) in [7, 11) is 0. The van der Waals surface area contributed by atoms with Gasteiger partial charge in [0.05, 0.1) is 30.5 Å². The molecule has 0 N–H and O–H groups in total. The van der Waals surface area contributed by atoms with Gasteiger partial charge in [0.25, 0.3) is 0 Å². The van der Waals surface area contributed by atoms with Gasteiger partial charge in [-0.05, 0) is 41.5 Å². The third-order valence-electron chi connectivity index (χ3n) is 3.63. The van der Waals surface area contributed by atoms with E-state index in [0.717, 1.165) is 19.3 Å². The van der Waals surface area contributed by atoms with Crippen molar-refractivity contribution in [2.75, 3.05) is 13.2 Å². The van der Waals surface area contributed by atoms with E-state index in [4.69, 9.17) is 18.9 Å². The molecule has 0 amide bonds. The van der Waals surface area contributed by atoms with Gasteiger partial charge in [-0.25, -0.2) is 0 Å². The summed E-state index contributed by atoms with van der Waals surface area (Å²) in [4.78, 5) is 4.41. The fourth-order valence-corrected chi connectivity index (χ4v) is 2.54. The van der Waals surface area contributed by atoms with Gasteiger partial charge in [0.15, 0.2) is 0 Å². The summed E-state index contributed by atoms with van der Waals surface area (Å²) in [5, 5.41) is 0. The Morgan fingerprint density at radius 2 is 1.60 bits per heavy atom. The molecule has 2 rings (SSSR count). The number of hydrogen-bond acceptors (Lipinski definition) is 5. The molecule has 0 saturated heterocycles. The first-order valence-electron chi connectivity index (χ1n) is 9.19. The van der Waals surface area contributed by atoms with Crippen molar-refractivity contribution >= 4 is 0 Å². The van der Waals surface area contributed by atoms with Crippen LogP contribution >= 0.6 is 0 Å². The van der Waals surface area contributed by atoms with Crippen LogP contribution in [0, 0.1) is 0 Å². The molecule has 0 bridgehead atoms. The summed E-state index contributed by atoms with van der Waals surface area (Å²) in [6, 6.07) is 5.63. The molecule has 1 fully saturated rings. The predicted octanol–water partition coefficient (Wildman–Crippen LogP) is 4.39. The SMILES string of the molecule is CC(C)(C)OCCCOc1cccc(OC2CC(OC(C)(C)C)C2)n1. The van der Waals surface area contributed by atoms with Crippen LogP contribution < -0.4 is 9.47 Å². The van der Waals surface area contributed by atoms with Crippen molar-refractivity contribution in [1.29, 1.82) is 0 Å². The Kier molecular flexibility index (Phi) is 6.69. The average molecular weight is 351 g/mol. The molecule has 0 aromatic carbocycles. The molecule has 1 aliphatic rings. The van der Waals surface area contributed by atoms with Crippen LogP contribution in [0.25, 0.3) is 0 Å². The Bertz CT molecular complexity index is 527. The third kappa shape index (κ3) is 8.06. The van der Waals surface area contributed by atoms with E-state index in [1.807, 2.05) is 39.0 Å². The largest absolute Gasteiger partial charge is 0.477 e. The topological polar surface area (TPSA) is 49.8 Å². The van der Waals surface area contributed by atoms with Crippen molar-refractivity contribution in [2.24, 2.45) is 0 Å². The van der Waals surface area contributed by atoms with E-state index in [-0.39, 0.29) is 23.4 Å². The van der Waals surface area contributed by atoms with Gasteiger partial charge in [-0.3, -0.25) is 0 Å². The van der Waals surface area contributed by atoms with Gasteiger partial charge in [0.1, 0.15) is 6.10 Å². The van der Waals surface area contributed by atoms with Crippen LogP contribution in [0.3, 0.4) is 0 Å². The molecule has 5 nitrogen and oxygen atoms in total. The normalized spacial score (nSPS) is 20.9. The molecule has 0 atom stereocenters. The molecule has 1 aliphatic carbocycles. The molecular weight excluding hydrogens is 318 g/mol. The number of pyridine rings is 1. The summed E-state index contributed by atoms with van der Waals surface area (Å²) in [6.07, 6.45) is 3.11. The first kappa shape index (κ1) is 20.0. The van der Waals surface area contributed by atoms with E-state index in [9.17, 15) is 0 Å². The molecule has 5 heteroatoms. The summed E-state index contributed by atoms with van der Waals surface area (Å²) in [6.45, 7) is 13.6. The summed E-state index contributed by atoms with van der Waals surface area (Å²) in [5.74, 6) is 1.21. The van der Waals surface area contributed by atoms with Crippen molar-refractivity contribution in [3.63, 3.8) is 0 Å². The molecule has 0 spiro atoms. The van der Waals surface area contributed by atoms with Crippen LogP contribution in [0.1, 0.15) is 60.8 Å². The maximum absolute atomic E-state index is 5.93. The van der Waals surface area contributed by atoms with Gasteiger partial charge in [-0.2, -0.15) is 4.98 Å².